The van der Waals surface area contributed by atoms with E-state index < -0.39 is 0 Å². The fraction of sp³-hybridized carbons (Fsp3) is 0.250. The third kappa shape index (κ3) is 2.06. The first-order chi connectivity index (χ1) is 7.83. The number of methoxy groups -OCH3 is 1. The zero-order chi connectivity index (χ0) is 11.4. The number of nitrogens with zero attached hydrogens (tertiary/aromatic N) is 1. The van der Waals surface area contributed by atoms with Crippen molar-refractivity contribution in [3.05, 3.63) is 36.1 Å². The Kier molecular flexibility index (Phi) is 3.22. The van der Waals surface area contributed by atoms with Gasteiger partial charge in [0.05, 0.1) is 18.7 Å². The van der Waals surface area contributed by atoms with Gasteiger partial charge < -0.3 is 14.9 Å². The van der Waals surface area contributed by atoms with Crippen LogP contribution in [0, 0.1) is 0 Å². The molecule has 0 aliphatic heterocycles. The van der Waals surface area contributed by atoms with Crippen molar-refractivity contribution in [1.82, 2.24) is 0 Å². The van der Waals surface area contributed by atoms with Gasteiger partial charge in [0.25, 0.3) is 0 Å². The Morgan fingerprint density at radius 1 is 1.44 bits per heavy atom. The average molecular weight is 218 g/mol. The number of furan rings is 1. The summed E-state index contributed by atoms with van der Waals surface area (Å²) in [6, 6.07) is 7.74. The highest BCUT2D eigenvalue weighted by molar-refractivity contribution is 6.07. The van der Waals surface area contributed by atoms with Crippen molar-refractivity contribution in [3.63, 3.8) is 0 Å². The number of hydrogen-bond acceptors (Lipinski definition) is 3. The van der Waals surface area contributed by atoms with Gasteiger partial charge in [0.15, 0.2) is 0 Å². The minimum absolute atomic E-state index is 0.488. The summed E-state index contributed by atoms with van der Waals surface area (Å²) in [5.74, 6) is 0.488. The fourth-order valence-electron chi connectivity index (χ4n) is 1.52. The van der Waals surface area contributed by atoms with Crippen molar-refractivity contribution in [3.8, 4) is 0 Å². The Hall–Kier alpha value is -1.81. The van der Waals surface area contributed by atoms with E-state index in [2.05, 4.69) is 4.99 Å². The molecule has 2 aromatic rings. The number of para-hydroxylation sites is 1. The normalized spacial score (nSPS) is 12.2. The molecule has 0 saturated carbocycles. The zero-order valence-corrected chi connectivity index (χ0v) is 9.14. The Balaban J connectivity index is 2.29. The highest BCUT2D eigenvalue weighted by Gasteiger charge is 2.07. The summed E-state index contributed by atoms with van der Waals surface area (Å²) < 4.78 is 10.3. The molecule has 2 N–H and O–H groups in total. The van der Waals surface area contributed by atoms with Gasteiger partial charge in [0, 0.05) is 12.5 Å². The van der Waals surface area contributed by atoms with E-state index in [-0.39, 0.29) is 0 Å². The van der Waals surface area contributed by atoms with Crippen molar-refractivity contribution in [2.45, 2.75) is 0 Å². The molecule has 4 nitrogen and oxygen atoms in total. The molecule has 4 heteroatoms. The van der Waals surface area contributed by atoms with E-state index in [0.717, 1.165) is 16.5 Å². The SMILES string of the molecule is COCCN=C(N)c1coc2ccccc12. The van der Waals surface area contributed by atoms with Crippen LogP contribution in [0.4, 0.5) is 0 Å². The zero-order valence-electron chi connectivity index (χ0n) is 9.14. The van der Waals surface area contributed by atoms with Gasteiger partial charge in [-0.2, -0.15) is 0 Å². The molecule has 0 spiro atoms. The summed E-state index contributed by atoms with van der Waals surface area (Å²) in [5, 5.41) is 0.987. The second kappa shape index (κ2) is 4.81. The lowest BCUT2D eigenvalue weighted by atomic mass is 10.1. The molecule has 2 rings (SSSR count). The summed E-state index contributed by atoms with van der Waals surface area (Å²) in [7, 11) is 1.64. The van der Waals surface area contributed by atoms with E-state index in [0.29, 0.717) is 19.0 Å². The van der Waals surface area contributed by atoms with Gasteiger partial charge in [-0.15, -0.1) is 0 Å². The molecule has 0 unspecified atom stereocenters. The van der Waals surface area contributed by atoms with Gasteiger partial charge in [-0.25, -0.2) is 0 Å². The van der Waals surface area contributed by atoms with Crippen LogP contribution in [-0.2, 0) is 4.74 Å². The third-order valence-electron chi connectivity index (χ3n) is 2.33. The summed E-state index contributed by atoms with van der Waals surface area (Å²) in [6.07, 6.45) is 1.64. The minimum atomic E-state index is 0.488. The summed E-state index contributed by atoms with van der Waals surface area (Å²) in [6.45, 7) is 1.12. The predicted octanol–water partition coefficient (Wildman–Crippen LogP) is 1.78. The minimum Gasteiger partial charge on any atom is -0.464 e. The fourth-order valence-corrected chi connectivity index (χ4v) is 1.52. The maximum Gasteiger partial charge on any atom is 0.134 e. The van der Waals surface area contributed by atoms with Crippen molar-refractivity contribution >= 4 is 16.8 Å². The van der Waals surface area contributed by atoms with Crippen LogP contribution in [0.15, 0.2) is 39.9 Å². The van der Waals surface area contributed by atoms with Gasteiger partial charge in [-0.05, 0) is 6.07 Å². The Morgan fingerprint density at radius 2 is 2.25 bits per heavy atom. The molecule has 0 amide bonds. The van der Waals surface area contributed by atoms with Crippen LogP contribution in [0.1, 0.15) is 5.56 Å². The van der Waals surface area contributed by atoms with Crippen LogP contribution in [-0.4, -0.2) is 26.1 Å². The Labute approximate surface area is 93.7 Å². The first-order valence-electron chi connectivity index (χ1n) is 5.08. The summed E-state index contributed by atoms with van der Waals surface area (Å²) in [5.41, 5.74) is 7.54. The van der Waals surface area contributed by atoms with Gasteiger partial charge in [-0.1, -0.05) is 18.2 Å². The molecule has 16 heavy (non-hydrogen) atoms. The molecule has 0 radical (unpaired) electrons. The van der Waals surface area contributed by atoms with E-state index in [1.165, 1.54) is 0 Å². The Morgan fingerprint density at radius 3 is 3.06 bits per heavy atom. The highest BCUT2D eigenvalue weighted by Crippen LogP contribution is 2.20. The molecular formula is C12H14N2O2. The number of aliphatic imine (C=N–C) groups is 1. The molecule has 0 fully saturated rings. The van der Waals surface area contributed by atoms with Gasteiger partial charge in [0.2, 0.25) is 0 Å². The van der Waals surface area contributed by atoms with E-state index in [9.17, 15) is 0 Å². The lowest BCUT2D eigenvalue weighted by molar-refractivity contribution is 0.208. The van der Waals surface area contributed by atoms with Crippen LogP contribution in [0.2, 0.25) is 0 Å². The van der Waals surface area contributed by atoms with Crippen LogP contribution >= 0.6 is 0 Å². The van der Waals surface area contributed by atoms with E-state index in [1.807, 2.05) is 24.3 Å². The molecule has 0 aliphatic rings. The molecule has 1 aromatic heterocycles. The molecule has 0 saturated heterocycles. The lowest BCUT2D eigenvalue weighted by Gasteiger charge is -1.98. The second-order valence-corrected chi connectivity index (χ2v) is 3.41. The summed E-state index contributed by atoms with van der Waals surface area (Å²) >= 11 is 0. The van der Waals surface area contributed by atoms with E-state index in [4.69, 9.17) is 14.9 Å². The second-order valence-electron chi connectivity index (χ2n) is 3.41. The Bertz CT molecular complexity index is 502. The number of rotatable bonds is 4. The number of fused-ring (bicyclic) bond motifs is 1. The molecule has 1 heterocycles. The standard InChI is InChI=1S/C12H14N2O2/c1-15-7-6-14-12(13)10-8-16-11-5-3-2-4-9(10)11/h2-5,8H,6-7H2,1H3,(H2,13,14). The topological polar surface area (TPSA) is 60.8 Å². The van der Waals surface area contributed by atoms with Gasteiger partial charge in [-0.3, -0.25) is 4.99 Å². The number of nitrogens with two attached hydrogens (primary N) is 1. The van der Waals surface area contributed by atoms with Gasteiger partial charge >= 0.3 is 0 Å². The number of ether oxygens (including phenoxy) is 1. The number of hydrogen-bond donors (Lipinski definition) is 1. The molecular weight excluding hydrogens is 204 g/mol. The van der Waals surface area contributed by atoms with Gasteiger partial charge in [0.1, 0.15) is 17.7 Å². The maximum absolute atomic E-state index is 5.88. The molecule has 0 bridgehead atoms. The van der Waals surface area contributed by atoms with Crippen LogP contribution in [0.3, 0.4) is 0 Å². The van der Waals surface area contributed by atoms with Crippen molar-refractivity contribution in [2.24, 2.45) is 10.7 Å². The molecule has 0 aliphatic carbocycles. The van der Waals surface area contributed by atoms with E-state index >= 15 is 0 Å². The largest absolute Gasteiger partial charge is 0.464 e. The quantitative estimate of drug-likeness (QED) is 0.483. The van der Waals surface area contributed by atoms with Crippen LogP contribution in [0.5, 0.6) is 0 Å². The van der Waals surface area contributed by atoms with Crippen LogP contribution in [0.25, 0.3) is 11.0 Å². The first kappa shape index (κ1) is 10.7. The molecule has 1 aromatic carbocycles. The number of amidine groups is 1. The third-order valence-corrected chi connectivity index (χ3v) is 2.33. The molecule has 84 valence electrons. The first-order valence-corrected chi connectivity index (χ1v) is 5.08. The predicted molar refractivity (Wildman–Crippen MR) is 63.7 cm³/mol. The monoisotopic (exact) mass is 218 g/mol. The van der Waals surface area contributed by atoms with Crippen molar-refractivity contribution < 1.29 is 9.15 Å². The van der Waals surface area contributed by atoms with Crippen molar-refractivity contribution in [1.29, 1.82) is 0 Å². The highest BCUT2D eigenvalue weighted by atomic mass is 16.5. The maximum atomic E-state index is 5.88. The van der Waals surface area contributed by atoms with E-state index in [1.54, 1.807) is 13.4 Å². The smallest absolute Gasteiger partial charge is 0.134 e. The average Bonchev–Trinajstić information content (AvgIpc) is 2.73. The molecule has 0 atom stereocenters. The summed E-state index contributed by atoms with van der Waals surface area (Å²) in [4.78, 5) is 4.22. The number of benzene rings is 1. The van der Waals surface area contributed by atoms with Crippen LogP contribution < -0.4 is 5.73 Å². The van der Waals surface area contributed by atoms with Crippen molar-refractivity contribution in [2.75, 3.05) is 20.3 Å². The lowest BCUT2D eigenvalue weighted by Crippen LogP contribution is -2.14.